The largest absolute Gasteiger partial charge is 0.314 e. The maximum absolute atomic E-state index is 4.52. The van der Waals surface area contributed by atoms with E-state index in [1.165, 1.54) is 24.1 Å². The van der Waals surface area contributed by atoms with Crippen molar-refractivity contribution in [1.29, 1.82) is 0 Å². The highest BCUT2D eigenvalue weighted by atomic mass is 15.2. The summed E-state index contributed by atoms with van der Waals surface area (Å²) in [4.78, 5) is 0. The Kier molecular flexibility index (Phi) is 4.16. The van der Waals surface area contributed by atoms with Crippen LogP contribution in [0.3, 0.4) is 0 Å². The second kappa shape index (κ2) is 6.23. The monoisotopic (exact) mass is 269 g/mol. The molecule has 1 aromatic heterocycles. The van der Waals surface area contributed by atoms with E-state index in [1.807, 2.05) is 17.9 Å². The van der Waals surface area contributed by atoms with Gasteiger partial charge >= 0.3 is 0 Å². The fourth-order valence-corrected chi connectivity index (χ4v) is 2.65. The first-order valence-corrected chi connectivity index (χ1v) is 7.55. The van der Waals surface area contributed by atoms with Crippen molar-refractivity contribution in [1.82, 2.24) is 15.1 Å². The van der Waals surface area contributed by atoms with E-state index in [0.717, 1.165) is 25.4 Å². The van der Waals surface area contributed by atoms with Gasteiger partial charge in [0.05, 0.1) is 5.69 Å². The van der Waals surface area contributed by atoms with Crippen molar-refractivity contribution >= 4 is 0 Å². The van der Waals surface area contributed by atoms with Gasteiger partial charge in [-0.05, 0) is 49.8 Å². The molecule has 3 nitrogen and oxygen atoms in total. The van der Waals surface area contributed by atoms with E-state index in [0.29, 0.717) is 5.92 Å². The maximum atomic E-state index is 4.52. The Morgan fingerprint density at radius 2 is 2.00 bits per heavy atom. The van der Waals surface area contributed by atoms with Crippen molar-refractivity contribution in [3.8, 4) is 0 Å². The average molecular weight is 269 g/mol. The minimum atomic E-state index is 0.618. The summed E-state index contributed by atoms with van der Waals surface area (Å²) >= 11 is 0. The summed E-state index contributed by atoms with van der Waals surface area (Å²) in [6.07, 6.45) is 6.90. The van der Waals surface area contributed by atoms with Gasteiger partial charge in [-0.2, -0.15) is 5.10 Å². The lowest BCUT2D eigenvalue weighted by Gasteiger charge is -2.17. The Morgan fingerprint density at radius 1 is 1.20 bits per heavy atom. The first-order valence-electron chi connectivity index (χ1n) is 7.55. The zero-order valence-corrected chi connectivity index (χ0v) is 12.1. The van der Waals surface area contributed by atoms with Gasteiger partial charge in [-0.25, -0.2) is 0 Å². The number of rotatable bonds is 7. The Hall–Kier alpha value is -1.61. The Bertz CT molecular complexity index is 528. The average Bonchev–Trinajstić information content (AvgIpc) is 3.20. The molecule has 0 bridgehead atoms. The van der Waals surface area contributed by atoms with Gasteiger partial charge < -0.3 is 5.32 Å². The van der Waals surface area contributed by atoms with Gasteiger partial charge in [0, 0.05) is 19.3 Å². The number of aryl methyl sites for hydroxylation is 1. The number of hydrogen-bond donors (Lipinski definition) is 1. The topological polar surface area (TPSA) is 29.9 Å². The van der Waals surface area contributed by atoms with Gasteiger partial charge in [0.2, 0.25) is 0 Å². The number of benzene rings is 1. The zero-order chi connectivity index (χ0) is 13.8. The first kappa shape index (κ1) is 13.4. The number of nitrogens with zero attached hydrogens (tertiary/aromatic N) is 2. The molecule has 1 aliphatic rings. The highest BCUT2D eigenvalue weighted by Gasteiger charge is 2.22. The van der Waals surface area contributed by atoms with Crippen LogP contribution in [0.2, 0.25) is 0 Å². The van der Waals surface area contributed by atoms with Crippen molar-refractivity contribution in [3.63, 3.8) is 0 Å². The normalized spacial score (nSPS) is 16.2. The quantitative estimate of drug-likeness (QED) is 0.837. The van der Waals surface area contributed by atoms with Crippen LogP contribution in [0.15, 0.2) is 42.6 Å². The van der Waals surface area contributed by atoms with E-state index in [9.17, 15) is 0 Å². The van der Waals surface area contributed by atoms with Crippen molar-refractivity contribution in [2.24, 2.45) is 13.0 Å². The summed E-state index contributed by atoms with van der Waals surface area (Å²) in [6.45, 7) is 1.09. The predicted octanol–water partition coefficient (Wildman–Crippen LogP) is 2.57. The van der Waals surface area contributed by atoms with Crippen LogP contribution < -0.4 is 5.32 Å². The minimum absolute atomic E-state index is 0.618. The lowest BCUT2D eigenvalue weighted by atomic mass is 9.94. The summed E-state index contributed by atoms with van der Waals surface area (Å²) in [5.41, 5.74) is 2.62. The van der Waals surface area contributed by atoms with Crippen molar-refractivity contribution < 1.29 is 0 Å². The van der Waals surface area contributed by atoms with Crippen LogP contribution in [0.1, 0.15) is 24.1 Å². The van der Waals surface area contributed by atoms with Crippen molar-refractivity contribution in [2.45, 2.75) is 31.7 Å². The van der Waals surface area contributed by atoms with E-state index >= 15 is 0 Å². The van der Waals surface area contributed by atoms with E-state index in [2.05, 4.69) is 46.8 Å². The minimum Gasteiger partial charge on any atom is -0.314 e. The van der Waals surface area contributed by atoms with Crippen LogP contribution in [0.4, 0.5) is 0 Å². The van der Waals surface area contributed by atoms with Crippen LogP contribution in [-0.4, -0.2) is 22.4 Å². The molecule has 106 valence electrons. The molecule has 2 aromatic rings. The first-order chi connectivity index (χ1) is 9.79. The van der Waals surface area contributed by atoms with Crippen LogP contribution in [0.5, 0.6) is 0 Å². The maximum Gasteiger partial charge on any atom is 0.0627 e. The van der Waals surface area contributed by atoms with Gasteiger partial charge in [-0.1, -0.05) is 30.3 Å². The lowest BCUT2D eigenvalue weighted by Crippen LogP contribution is -2.27. The van der Waals surface area contributed by atoms with E-state index in [4.69, 9.17) is 0 Å². The molecule has 0 amide bonds. The standard InChI is InChI=1S/C17H23N3/c1-20-10-9-17(19-20)12-15(13-18-16-7-8-16)11-14-5-3-2-4-6-14/h2-6,9-10,15-16,18H,7-8,11-13H2,1H3. The molecule has 3 heteroatoms. The molecule has 1 fully saturated rings. The van der Waals surface area contributed by atoms with E-state index in [-0.39, 0.29) is 0 Å². The van der Waals surface area contributed by atoms with Crippen LogP contribution in [0, 0.1) is 5.92 Å². The molecule has 0 aliphatic heterocycles. The SMILES string of the molecule is Cn1ccc(CC(CNC2CC2)Cc2ccccc2)n1. The molecular weight excluding hydrogens is 246 g/mol. The second-order valence-corrected chi connectivity index (χ2v) is 5.92. The van der Waals surface area contributed by atoms with Crippen LogP contribution in [-0.2, 0) is 19.9 Å². The fourth-order valence-electron chi connectivity index (χ4n) is 2.65. The molecule has 0 spiro atoms. The Balaban J connectivity index is 1.62. The highest BCUT2D eigenvalue weighted by Crippen LogP contribution is 2.20. The number of nitrogens with one attached hydrogen (secondary N) is 1. The third-order valence-corrected chi connectivity index (χ3v) is 3.91. The van der Waals surface area contributed by atoms with Crippen LogP contribution >= 0.6 is 0 Å². The van der Waals surface area contributed by atoms with Crippen molar-refractivity contribution in [2.75, 3.05) is 6.54 Å². The summed E-state index contributed by atoms with van der Waals surface area (Å²) < 4.78 is 1.89. The molecule has 0 saturated heterocycles. The van der Waals surface area contributed by atoms with Gasteiger partial charge in [0.25, 0.3) is 0 Å². The van der Waals surface area contributed by atoms with Gasteiger partial charge in [0.15, 0.2) is 0 Å². The zero-order valence-electron chi connectivity index (χ0n) is 12.1. The molecule has 1 atom stereocenters. The second-order valence-electron chi connectivity index (χ2n) is 5.92. The smallest absolute Gasteiger partial charge is 0.0627 e. The molecule has 1 N–H and O–H groups in total. The summed E-state index contributed by atoms with van der Waals surface area (Å²) in [5.74, 6) is 0.618. The predicted molar refractivity (Wildman–Crippen MR) is 81.6 cm³/mol. The molecule has 1 saturated carbocycles. The Labute approximate surface area is 121 Å². The number of aromatic nitrogens is 2. The summed E-state index contributed by atoms with van der Waals surface area (Å²) in [6, 6.07) is 13.7. The molecule has 1 unspecified atom stereocenters. The molecular formula is C17H23N3. The molecule has 1 aliphatic carbocycles. The van der Waals surface area contributed by atoms with Gasteiger partial charge in [-0.15, -0.1) is 0 Å². The van der Waals surface area contributed by atoms with Gasteiger partial charge in [-0.3, -0.25) is 4.68 Å². The molecule has 0 radical (unpaired) electrons. The van der Waals surface area contributed by atoms with Crippen molar-refractivity contribution in [3.05, 3.63) is 53.9 Å². The van der Waals surface area contributed by atoms with E-state index < -0.39 is 0 Å². The highest BCUT2D eigenvalue weighted by molar-refractivity contribution is 5.16. The lowest BCUT2D eigenvalue weighted by molar-refractivity contribution is 0.462. The number of hydrogen-bond acceptors (Lipinski definition) is 2. The van der Waals surface area contributed by atoms with Gasteiger partial charge in [0.1, 0.15) is 0 Å². The summed E-state index contributed by atoms with van der Waals surface area (Å²) in [5, 5.41) is 8.19. The van der Waals surface area contributed by atoms with Crippen LogP contribution in [0.25, 0.3) is 0 Å². The Morgan fingerprint density at radius 3 is 2.65 bits per heavy atom. The third-order valence-electron chi connectivity index (χ3n) is 3.91. The summed E-state index contributed by atoms with van der Waals surface area (Å²) in [7, 11) is 1.98. The molecule has 20 heavy (non-hydrogen) atoms. The molecule has 1 aromatic carbocycles. The molecule has 1 heterocycles. The third kappa shape index (κ3) is 3.94. The fraction of sp³-hybridized carbons (Fsp3) is 0.471. The van der Waals surface area contributed by atoms with E-state index in [1.54, 1.807) is 0 Å². The molecule has 3 rings (SSSR count).